The molecule has 0 amide bonds. The molecule has 3 nitrogen and oxygen atoms in total. The second kappa shape index (κ2) is 6.13. The largest absolute Gasteiger partial charge is 0.311 e. The normalized spacial score (nSPS) is 20.2. The predicted octanol–water partition coefficient (Wildman–Crippen LogP) is 2.87. The van der Waals surface area contributed by atoms with Gasteiger partial charge < -0.3 is 5.32 Å². The summed E-state index contributed by atoms with van der Waals surface area (Å²) in [5.74, 6) is 0. The first-order valence-electron chi connectivity index (χ1n) is 6.95. The third kappa shape index (κ3) is 4.04. The molecule has 4 heteroatoms. The van der Waals surface area contributed by atoms with Crippen LogP contribution in [0, 0.1) is 5.41 Å². The Bertz CT molecular complexity index is 373. The van der Waals surface area contributed by atoms with Crippen LogP contribution in [0.1, 0.15) is 44.3 Å². The molecule has 0 spiro atoms. The summed E-state index contributed by atoms with van der Waals surface area (Å²) in [7, 11) is 0. The van der Waals surface area contributed by atoms with Crippen LogP contribution >= 0.6 is 11.3 Å². The highest BCUT2D eigenvalue weighted by Gasteiger charge is 2.26. The van der Waals surface area contributed by atoms with Gasteiger partial charge in [-0.1, -0.05) is 20.8 Å². The molecule has 0 aromatic carbocycles. The van der Waals surface area contributed by atoms with Crippen LogP contribution in [0.3, 0.4) is 0 Å². The lowest BCUT2D eigenvalue weighted by Gasteiger charge is -2.37. The van der Waals surface area contributed by atoms with Gasteiger partial charge in [0.1, 0.15) is 5.01 Å². The van der Waals surface area contributed by atoms with E-state index >= 15 is 0 Å². The smallest absolute Gasteiger partial charge is 0.107 e. The van der Waals surface area contributed by atoms with Crippen LogP contribution in [0.25, 0.3) is 0 Å². The minimum Gasteiger partial charge on any atom is -0.311 e. The SMILES string of the molecule is CCNCc1nc(CN2CCCC(C)(C)C2)cs1. The van der Waals surface area contributed by atoms with Gasteiger partial charge in [0.15, 0.2) is 0 Å². The quantitative estimate of drug-likeness (QED) is 0.889. The molecule has 0 radical (unpaired) electrons. The van der Waals surface area contributed by atoms with Crippen molar-refractivity contribution < 1.29 is 0 Å². The second-order valence-corrected chi connectivity index (χ2v) is 6.93. The Morgan fingerprint density at radius 2 is 2.33 bits per heavy atom. The van der Waals surface area contributed by atoms with E-state index in [0.717, 1.165) is 19.6 Å². The molecular formula is C14H25N3S. The minimum absolute atomic E-state index is 0.473. The standard InChI is InChI=1S/C14H25N3S/c1-4-15-8-13-16-12(10-18-13)9-17-7-5-6-14(2,3)11-17/h10,15H,4-9,11H2,1-3H3. The van der Waals surface area contributed by atoms with Crippen molar-refractivity contribution in [3.63, 3.8) is 0 Å². The third-order valence-corrected chi connectivity index (χ3v) is 4.39. The number of hydrogen-bond donors (Lipinski definition) is 1. The third-order valence-electron chi connectivity index (χ3n) is 3.49. The first-order chi connectivity index (χ1) is 8.59. The Morgan fingerprint density at radius 3 is 3.06 bits per heavy atom. The highest BCUT2D eigenvalue weighted by Crippen LogP contribution is 2.29. The zero-order chi connectivity index (χ0) is 13.0. The summed E-state index contributed by atoms with van der Waals surface area (Å²) >= 11 is 1.78. The van der Waals surface area contributed by atoms with E-state index in [1.54, 1.807) is 11.3 Å². The molecule has 1 saturated heterocycles. The summed E-state index contributed by atoms with van der Waals surface area (Å²) in [6.45, 7) is 12.2. The van der Waals surface area contributed by atoms with Crippen molar-refractivity contribution in [1.82, 2.24) is 15.2 Å². The number of nitrogens with one attached hydrogen (secondary N) is 1. The van der Waals surface area contributed by atoms with Crippen molar-refractivity contribution in [3.05, 3.63) is 16.1 Å². The number of hydrogen-bond acceptors (Lipinski definition) is 4. The highest BCUT2D eigenvalue weighted by atomic mass is 32.1. The molecule has 18 heavy (non-hydrogen) atoms. The molecular weight excluding hydrogens is 242 g/mol. The second-order valence-electron chi connectivity index (χ2n) is 5.99. The van der Waals surface area contributed by atoms with Crippen molar-refractivity contribution in [2.75, 3.05) is 19.6 Å². The number of aromatic nitrogens is 1. The average molecular weight is 267 g/mol. The van der Waals surface area contributed by atoms with Crippen molar-refractivity contribution in [1.29, 1.82) is 0 Å². The molecule has 1 fully saturated rings. The summed E-state index contributed by atoms with van der Waals surface area (Å²) in [5, 5.41) is 6.76. The summed E-state index contributed by atoms with van der Waals surface area (Å²) < 4.78 is 0. The molecule has 102 valence electrons. The van der Waals surface area contributed by atoms with Gasteiger partial charge in [0, 0.05) is 25.0 Å². The van der Waals surface area contributed by atoms with Crippen LogP contribution in [-0.4, -0.2) is 29.5 Å². The van der Waals surface area contributed by atoms with E-state index in [9.17, 15) is 0 Å². The summed E-state index contributed by atoms with van der Waals surface area (Å²) in [6, 6.07) is 0. The molecule has 1 N–H and O–H groups in total. The fraction of sp³-hybridized carbons (Fsp3) is 0.786. The van der Waals surface area contributed by atoms with Gasteiger partial charge in [0.05, 0.1) is 5.69 Å². The summed E-state index contributed by atoms with van der Waals surface area (Å²) in [6.07, 6.45) is 2.67. The molecule has 1 aliphatic rings. The van der Waals surface area contributed by atoms with E-state index in [-0.39, 0.29) is 0 Å². The van der Waals surface area contributed by atoms with Gasteiger partial charge in [-0.05, 0) is 31.3 Å². The first-order valence-corrected chi connectivity index (χ1v) is 7.83. The van der Waals surface area contributed by atoms with E-state index in [1.807, 2.05) is 0 Å². The van der Waals surface area contributed by atoms with Crippen LogP contribution in [0.15, 0.2) is 5.38 Å². The maximum Gasteiger partial charge on any atom is 0.107 e. The van der Waals surface area contributed by atoms with Gasteiger partial charge in [0.25, 0.3) is 0 Å². The minimum atomic E-state index is 0.473. The number of likely N-dealkylation sites (tertiary alicyclic amines) is 1. The Labute approximate surface area is 115 Å². The zero-order valence-electron chi connectivity index (χ0n) is 11.8. The van der Waals surface area contributed by atoms with Crippen molar-refractivity contribution in [2.24, 2.45) is 5.41 Å². The zero-order valence-corrected chi connectivity index (χ0v) is 12.6. The van der Waals surface area contributed by atoms with Crippen LogP contribution < -0.4 is 5.32 Å². The van der Waals surface area contributed by atoms with Crippen LogP contribution in [-0.2, 0) is 13.1 Å². The van der Waals surface area contributed by atoms with E-state index in [1.165, 1.54) is 36.6 Å². The molecule has 1 aliphatic heterocycles. The van der Waals surface area contributed by atoms with E-state index in [2.05, 4.69) is 36.4 Å². The van der Waals surface area contributed by atoms with Crippen LogP contribution in [0.2, 0.25) is 0 Å². The molecule has 1 aromatic heterocycles. The number of rotatable bonds is 5. The fourth-order valence-electron chi connectivity index (χ4n) is 2.64. The molecule has 0 atom stereocenters. The van der Waals surface area contributed by atoms with E-state index in [4.69, 9.17) is 4.98 Å². The van der Waals surface area contributed by atoms with Gasteiger partial charge >= 0.3 is 0 Å². The van der Waals surface area contributed by atoms with Gasteiger partial charge in [0.2, 0.25) is 0 Å². The number of piperidine rings is 1. The highest BCUT2D eigenvalue weighted by molar-refractivity contribution is 7.09. The van der Waals surface area contributed by atoms with Crippen molar-refractivity contribution in [2.45, 2.75) is 46.7 Å². The van der Waals surface area contributed by atoms with Gasteiger partial charge in [-0.3, -0.25) is 4.90 Å². The van der Waals surface area contributed by atoms with Crippen molar-refractivity contribution in [3.8, 4) is 0 Å². The fourth-order valence-corrected chi connectivity index (χ4v) is 3.40. The topological polar surface area (TPSA) is 28.2 Å². The van der Waals surface area contributed by atoms with Crippen LogP contribution in [0.4, 0.5) is 0 Å². The van der Waals surface area contributed by atoms with Crippen LogP contribution in [0.5, 0.6) is 0 Å². The van der Waals surface area contributed by atoms with Crippen molar-refractivity contribution >= 4 is 11.3 Å². The average Bonchev–Trinajstić information content (AvgIpc) is 2.73. The monoisotopic (exact) mass is 267 g/mol. The molecule has 0 bridgehead atoms. The molecule has 2 rings (SSSR count). The predicted molar refractivity (Wildman–Crippen MR) is 77.8 cm³/mol. The lowest BCUT2D eigenvalue weighted by molar-refractivity contribution is 0.110. The van der Waals surface area contributed by atoms with E-state index < -0.39 is 0 Å². The van der Waals surface area contributed by atoms with Gasteiger partial charge in [-0.25, -0.2) is 4.98 Å². The molecule has 0 aliphatic carbocycles. The van der Waals surface area contributed by atoms with Gasteiger partial charge in [-0.2, -0.15) is 0 Å². The maximum atomic E-state index is 4.70. The lowest BCUT2D eigenvalue weighted by Crippen LogP contribution is -2.39. The first kappa shape index (κ1) is 14.0. The number of nitrogens with zero attached hydrogens (tertiary/aromatic N) is 2. The summed E-state index contributed by atoms with van der Waals surface area (Å²) in [4.78, 5) is 7.26. The molecule has 0 unspecified atom stereocenters. The Balaban J connectivity index is 1.87. The Kier molecular flexibility index (Phi) is 4.76. The van der Waals surface area contributed by atoms with E-state index in [0.29, 0.717) is 5.41 Å². The lowest BCUT2D eigenvalue weighted by atomic mass is 9.84. The molecule has 1 aromatic rings. The van der Waals surface area contributed by atoms with Gasteiger partial charge in [-0.15, -0.1) is 11.3 Å². The molecule has 2 heterocycles. The Morgan fingerprint density at radius 1 is 1.50 bits per heavy atom. The Hall–Kier alpha value is -0.450. The number of thiazole rings is 1. The summed E-state index contributed by atoms with van der Waals surface area (Å²) in [5.41, 5.74) is 1.71. The molecule has 0 saturated carbocycles. The maximum absolute atomic E-state index is 4.70.